The molecule has 0 aromatic heterocycles. The van der Waals surface area contributed by atoms with Crippen LogP contribution in [-0.4, -0.2) is 6.04 Å². The summed E-state index contributed by atoms with van der Waals surface area (Å²) in [5.74, 6) is -0.960. The largest absolute Gasteiger partial charge is 0.380 e. The number of hydrogen-bond acceptors (Lipinski definition) is 2. The highest BCUT2D eigenvalue weighted by Crippen LogP contribution is 2.44. The second kappa shape index (κ2) is 5.17. The average Bonchev–Trinajstić information content (AvgIpc) is 2.47. The van der Waals surface area contributed by atoms with Gasteiger partial charge in [0.2, 0.25) is 0 Å². The summed E-state index contributed by atoms with van der Waals surface area (Å²) in [5.41, 5.74) is 0.604. The van der Waals surface area contributed by atoms with Crippen molar-refractivity contribution in [2.45, 2.75) is 24.3 Å². The molecule has 1 aliphatic rings. The molecule has 2 aromatic rings. The van der Waals surface area contributed by atoms with E-state index in [0.717, 1.165) is 23.8 Å². The third kappa shape index (κ3) is 2.47. The number of benzene rings is 2. The van der Waals surface area contributed by atoms with E-state index in [1.54, 1.807) is 0 Å². The van der Waals surface area contributed by atoms with Crippen LogP contribution in [0, 0.1) is 23.0 Å². The lowest BCUT2D eigenvalue weighted by Crippen LogP contribution is -2.47. The monoisotopic (exact) mass is 284 g/mol. The maximum Gasteiger partial charge on any atom is 0.146 e. The van der Waals surface area contributed by atoms with Gasteiger partial charge in [-0.3, -0.25) is 0 Å². The molecule has 0 spiro atoms. The van der Waals surface area contributed by atoms with Gasteiger partial charge in [0.1, 0.15) is 11.6 Å². The van der Waals surface area contributed by atoms with Crippen LogP contribution in [0.3, 0.4) is 0 Å². The van der Waals surface area contributed by atoms with Gasteiger partial charge >= 0.3 is 0 Å². The molecule has 106 valence electrons. The fourth-order valence-electron chi connectivity index (χ4n) is 2.86. The molecule has 1 saturated carbocycles. The van der Waals surface area contributed by atoms with Crippen molar-refractivity contribution < 1.29 is 8.78 Å². The first kappa shape index (κ1) is 13.6. The van der Waals surface area contributed by atoms with Crippen LogP contribution in [0.1, 0.15) is 18.4 Å². The first-order valence-electron chi connectivity index (χ1n) is 6.81. The van der Waals surface area contributed by atoms with Gasteiger partial charge < -0.3 is 5.32 Å². The molecule has 0 saturated heterocycles. The summed E-state index contributed by atoms with van der Waals surface area (Å²) in [6.07, 6.45) is 1.17. The number of rotatable bonds is 3. The van der Waals surface area contributed by atoms with E-state index < -0.39 is 17.0 Å². The highest BCUT2D eigenvalue weighted by molar-refractivity contribution is 5.48. The second-order valence-electron chi connectivity index (χ2n) is 5.43. The molecule has 2 aromatic carbocycles. The Morgan fingerprint density at radius 1 is 1.10 bits per heavy atom. The van der Waals surface area contributed by atoms with E-state index in [9.17, 15) is 14.0 Å². The topological polar surface area (TPSA) is 35.8 Å². The minimum atomic E-state index is -0.525. The van der Waals surface area contributed by atoms with Crippen molar-refractivity contribution in [3.8, 4) is 6.07 Å². The molecule has 2 nitrogen and oxygen atoms in total. The van der Waals surface area contributed by atoms with Gasteiger partial charge in [-0.2, -0.15) is 5.26 Å². The van der Waals surface area contributed by atoms with Crippen LogP contribution in [-0.2, 0) is 5.41 Å². The zero-order valence-electron chi connectivity index (χ0n) is 11.3. The zero-order valence-corrected chi connectivity index (χ0v) is 11.3. The van der Waals surface area contributed by atoms with E-state index in [2.05, 4.69) is 11.4 Å². The molecule has 4 heteroatoms. The van der Waals surface area contributed by atoms with E-state index in [1.807, 2.05) is 30.3 Å². The summed E-state index contributed by atoms with van der Waals surface area (Å²) in [5, 5.41) is 12.4. The molecule has 3 rings (SSSR count). The standard InChI is InChI=1S/C17H14F2N2/c18-13-6-7-15(19)16(8-13)21-14-9-17(10-14,11-20)12-4-2-1-3-5-12/h1-8,14,21H,9-10H2. The lowest BCUT2D eigenvalue weighted by molar-refractivity contribution is 0.288. The third-order valence-electron chi connectivity index (χ3n) is 4.02. The SMILES string of the molecule is N#CC1(c2ccccc2)CC(Nc2cc(F)ccc2F)C1. The van der Waals surface area contributed by atoms with Gasteiger partial charge in [-0.25, -0.2) is 8.78 Å². The first-order chi connectivity index (χ1) is 10.1. The van der Waals surface area contributed by atoms with Crippen molar-refractivity contribution in [2.24, 2.45) is 0 Å². The van der Waals surface area contributed by atoms with E-state index >= 15 is 0 Å². The summed E-state index contributed by atoms with van der Waals surface area (Å²) >= 11 is 0. The molecule has 1 aliphatic carbocycles. The summed E-state index contributed by atoms with van der Waals surface area (Å²) in [6.45, 7) is 0. The van der Waals surface area contributed by atoms with Crippen molar-refractivity contribution >= 4 is 5.69 Å². The van der Waals surface area contributed by atoms with E-state index in [1.165, 1.54) is 0 Å². The molecule has 0 aliphatic heterocycles. The molecule has 0 heterocycles. The Morgan fingerprint density at radius 3 is 2.48 bits per heavy atom. The number of halogens is 2. The van der Waals surface area contributed by atoms with Crippen LogP contribution >= 0.6 is 0 Å². The fourth-order valence-corrected chi connectivity index (χ4v) is 2.86. The van der Waals surface area contributed by atoms with Crippen LogP contribution in [0.15, 0.2) is 48.5 Å². The average molecular weight is 284 g/mol. The quantitative estimate of drug-likeness (QED) is 0.924. The lowest BCUT2D eigenvalue weighted by atomic mass is 9.62. The summed E-state index contributed by atoms with van der Waals surface area (Å²) in [7, 11) is 0. The number of hydrogen-bond donors (Lipinski definition) is 1. The van der Waals surface area contributed by atoms with Gasteiger partial charge in [-0.15, -0.1) is 0 Å². The van der Waals surface area contributed by atoms with Crippen LogP contribution < -0.4 is 5.32 Å². The Morgan fingerprint density at radius 2 is 1.81 bits per heavy atom. The van der Waals surface area contributed by atoms with Gasteiger partial charge in [-0.05, 0) is 36.6 Å². The molecule has 0 unspecified atom stereocenters. The number of nitriles is 1. The predicted octanol–water partition coefficient (Wildman–Crippen LogP) is 4.00. The first-order valence-corrected chi connectivity index (χ1v) is 6.81. The lowest BCUT2D eigenvalue weighted by Gasteiger charge is -2.43. The molecular formula is C17H14F2N2. The highest BCUT2D eigenvalue weighted by atomic mass is 19.1. The highest BCUT2D eigenvalue weighted by Gasteiger charge is 2.46. The van der Waals surface area contributed by atoms with Crippen LogP contribution in [0.25, 0.3) is 0 Å². The van der Waals surface area contributed by atoms with Gasteiger partial charge in [0.15, 0.2) is 0 Å². The fraction of sp³-hybridized carbons (Fsp3) is 0.235. The molecular weight excluding hydrogens is 270 g/mol. The maximum absolute atomic E-state index is 13.6. The molecule has 1 N–H and O–H groups in total. The number of anilines is 1. The Hall–Kier alpha value is -2.41. The number of nitrogens with one attached hydrogen (secondary N) is 1. The Balaban J connectivity index is 1.73. The van der Waals surface area contributed by atoms with E-state index in [4.69, 9.17) is 0 Å². The van der Waals surface area contributed by atoms with Crippen LogP contribution in [0.5, 0.6) is 0 Å². The van der Waals surface area contributed by atoms with Gasteiger partial charge in [0.25, 0.3) is 0 Å². The summed E-state index contributed by atoms with van der Waals surface area (Å²) in [6, 6.07) is 15.3. The molecule has 0 atom stereocenters. The normalized spacial score (nSPS) is 24.0. The third-order valence-corrected chi connectivity index (χ3v) is 4.02. The molecule has 0 radical (unpaired) electrons. The Kier molecular flexibility index (Phi) is 3.34. The van der Waals surface area contributed by atoms with Crippen molar-refractivity contribution in [3.05, 3.63) is 65.7 Å². The summed E-state index contributed by atoms with van der Waals surface area (Å²) in [4.78, 5) is 0. The number of nitrogens with zero attached hydrogens (tertiary/aromatic N) is 1. The van der Waals surface area contributed by atoms with Crippen molar-refractivity contribution in [1.82, 2.24) is 0 Å². The van der Waals surface area contributed by atoms with Gasteiger partial charge in [0.05, 0.1) is 17.2 Å². The minimum Gasteiger partial charge on any atom is -0.380 e. The molecule has 21 heavy (non-hydrogen) atoms. The van der Waals surface area contributed by atoms with Crippen LogP contribution in [0.4, 0.5) is 14.5 Å². The van der Waals surface area contributed by atoms with Crippen LogP contribution in [0.2, 0.25) is 0 Å². The molecule has 1 fully saturated rings. The molecule has 0 amide bonds. The van der Waals surface area contributed by atoms with Gasteiger partial charge in [-0.1, -0.05) is 30.3 Å². The second-order valence-corrected chi connectivity index (χ2v) is 5.43. The van der Waals surface area contributed by atoms with Crippen molar-refractivity contribution in [1.29, 1.82) is 5.26 Å². The molecule has 0 bridgehead atoms. The predicted molar refractivity (Wildman–Crippen MR) is 76.7 cm³/mol. The van der Waals surface area contributed by atoms with Crippen molar-refractivity contribution in [2.75, 3.05) is 5.32 Å². The van der Waals surface area contributed by atoms with Crippen molar-refractivity contribution in [3.63, 3.8) is 0 Å². The van der Waals surface area contributed by atoms with E-state index in [-0.39, 0.29) is 11.7 Å². The van der Waals surface area contributed by atoms with Gasteiger partial charge in [0, 0.05) is 6.04 Å². The van der Waals surface area contributed by atoms with E-state index in [0.29, 0.717) is 12.8 Å². The Labute approximate surface area is 122 Å². The smallest absolute Gasteiger partial charge is 0.146 e. The minimum absolute atomic E-state index is 0.0267. The summed E-state index contributed by atoms with van der Waals surface area (Å²) < 4.78 is 26.7. The zero-order chi connectivity index (χ0) is 14.9. The Bertz CT molecular complexity index is 686. The maximum atomic E-state index is 13.6.